The summed E-state index contributed by atoms with van der Waals surface area (Å²) in [4.78, 5) is 23.6. The molecule has 1 atom stereocenters. The van der Waals surface area contributed by atoms with E-state index in [2.05, 4.69) is 10.0 Å². The normalized spacial score (nSPS) is 18.6. The Bertz CT molecular complexity index is 1370. The number of halogens is 1. The maximum atomic E-state index is 13.1. The molecule has 37 heavy (non-hydrogen) atoms. The van der Waals surface area contributed by atoms with Crippen molar-refractivity contribution in [3.05, 3.63) is 94.3 Å². The fourth-order valence-corrected chi connectivity index (χ4v) is 5.94. The van der Waals surface area contributed by atoms with E-state index in [9.17, 15) is 27.7 Å². The van der Waals surface area contributed by atoms with Crippen LogP contribution in [0.3, 0.4) is 0 Å². The maximum absolute atomic E-state index is 13.1. The highest BCUT2D eigenvalue weighted by Crippen LogP contribution is 2.33. The van der Waals surface area contributed by atoms with Gasteiger partial charge in [-0.05, 0) is 68.0 Å². The maximum Gasteiger partial charge on any atom is 0.278 e. The zero-order chi connectivity index (χ0) is 26.6. The quantitative estimate of drug-likeness (QED) is 0.313. The minimum Gasteiger partial charge on any atom is -0.349 e. The average Bonchev–Trinajstić information content (AvgIpc) is 2.89. The van der Waals surface area contributed by atoms with E-state index in [0.29, 0.717) is 36.8 Å². The first-order valence-corrected chi connectivity index (χ1v) is 13.5. The molecule has 10 heteroatoms. The number of hydrogen-bond donors (Lipinski definition) is 2. The highest BCUT2D eigenvalue weighted by molar-refractivity contribution is 7.89. The molecule has 1 amide bonds. The van der Waals surface area contributed by atoms with E-state index >= 15 is 0 Å². The van der Waals surface area contributed by atoms with E-state index in [-0.39, 0.29) is 40.3 Å². The number of carbonyl (C=O) groups excluding carboxylic acids is 1. The topological polar surface area (TPSA) is 118 Å². The first-order valence-electron chi connectivity index (χ1n) is 12.1. The van der Waals surface area contributed by atoms with Gasteiger partial charge in [0.2, 0.25) is 15.9 Å². The van der Waals surface area contributed by atoms with Crippen molar-refractivity contribution in [3.63, 3.8) is 0 Å². The fraction of sp³-hybridized carbons (Fsp3) is 0.296. The number of nitrogens with one attached hydrogen (secondary N) is 2. The molecule has 0 aliphatic heterocycles. The number of benzene rings is 3. The van der Waals surface area contributed by atoms with Gasteiger partial charge in [0.1, 0.15) is 5.82 Å². The molecule has 3 aromatic carbocycles. The van der Waals surface area contributed by atoms with Crippen LogP contribution in [-0.4, -0.2) is 25.3 Å². The molecule has 1 saturated carbocycles. The van der Waals surface area contributed by atoms with Crippen LogP contribution in [0.1, 0.15) is 44.2 Å². The largest absolute Gasteiger partial charge is 0.349 e. The van der Waals surface area contributed by atoms with Gasteiger partial charge in [-0.15, -0.1) is 0 Å². The molecule has 1 aliphatic rings. The Morgan fingerprint density at radius 1 is 1.00 bits per heavy atom. The smallest absolute Gasteiger partial charge is 0.278 e. The van der Waals surface area contributed by atoms with E-state index in [1.807, 2.05) is 6.92 Å². The van der Waals surface area contributed by atoms with Crippen LogP contribution >= 0.6 is 0 Å². The van der Waals surface area contributed by atoms with Crippen LogP contribution in [-0.2, 0) is 14.8 Å². The second kappa shape index (κ2) is 11.2. The van der Waals surface area contributed by atoms with Crippen molar-refractivity contribution in [2.75, 3.05) is 0 Å². The first-order chi connectivity index (χ1) is 17.6. The fourth-order valence-electron chi connectivity index (χ4n) is 4.62. The molecule has 0 radical (unpaired) electrons. The van der Waals surface area contributed by atoms with Gasteiger partial charge in [0.25, 0.3) is 5.69 Å². The molecule has 4 rings (SSSR count). The van der Waals surface area contributed by atoms with Gasteiger partial charge in [-0.25, -0.2) is 17.5 Å². The second-order valence-electron chi connectivity index (χ2n) is 9.25. The molecule has 8 nitrogen and oxygen atoms in total. The molecule has 0 unspecified atom stereocenters. The summed E-state index contributed by atoms with van der Waals surface area (Å²) in [5, 5.41) is 14.6. The lowest BCUT2D eigenvalue weighted by atomic mass is 9.85. The van der Waals surface area contributed by atoms with Gasteiger partial charge in [0.05, 0.1) is 21.4 Å². The Balaban J connectivity index is 1.38. The third kappa shape index (κ3) is 6.39. The lowest BCUT2D eigenvalue weighted by molar-refractivity contribution is -0.384. The van der Waals surface area contributed by atoms with E-state index in [4.69, 9.17) is 0 Å². The standard InChI is InChI=1S/C27H28FN3O5S/c1-18(19-7-11-22(28)12-8-19)29-27(32)21-9-13-23(14-10-21)30-37(35,36)24-15-16-25(26(17-24)31(33)34)20-5-3-2-4-6-20/h2-8,11-12,15-18,21,23,30H,9-10,13-14H2,1H3,(H,29,32)/t18-,21-,23-/m1/s1. The molecule has 0 saturated heterocycles. The number of nitrogens with zero attached hydrogens (tertiary/aromatic N) is 1. The molecule has 0 bridgehead atoms. The van der Waals surface area contributed by atoms with Crippen molar-refractivity contribution < 1.29 is 22.5 Å². The Hall–Kier alpha value is -3.63. The summed E-state index contributed by atoms with van der Waals surface area (Å²) in [6, 6.07) is 18.0. The SMILES string of the molecule is C[C@@H](NC(=O)[C@H]1CC[C@H](NS(=O)(=O)c2ccc(-c3ccccc3)c([N+](=O)[O-])c2)CC1)c1ccc(F)cc1. The highest BCUT2D eigenvalue weighted by Gasteiger charge is 2.30. The van der Waals surface area contributed by atoms with Gasteiger partial charge in [-0.2, -0.15) is 0 Å². The van der Waals surface area contributed by atoms with Crippen LogP contribution in [0.25, 0.3) is 11.1 Å². The predicted octanol–water partition coefficient (Wildman–Crippen LogP) is 5.12. The van der Waals surface area contributed by atoms with Gasteiger partial charge in [-0.3, -0.25) is 14.9 Å². The summed E-state index contributed by atoms with van der Waals surface area (Å²) in [5.41, 5.74) is 1.47. The first kappa shape index (κ1) is 26.4. The van der Waals surface area contributed by atoms with Gasteiger partial charge >= 0.3 is 0 Å². The van der Waals surface area contributed by atoms with Crippen LogP contribution in [0.2, 0.25) is 0 Å². The van der Waals surface area contributed by atoms with Crippen LogP contribution in [0.15, 0.2) is 77.7 Å². The molecule has 2 N–H and O–H groups in total. The Kier molecular flexibility index (Phi) is 7.99. The molecule has 0 spiro atoms. The van der Waals surface area contributed by atoms with E-state index < -0.39 is 14.9 Å². The van der Waals surface area contributed by atoms with Crippen LogP contribution in [0.5, 0.6) is 0 Å². The molecule has 3 aromatic rings. The van der Waals surface area contributed by atoms with Gasteiger partial charge < -0.3 is 5.32 Å². The Labute approximate surface area is 215 Å². The molecule has 1 fully saturated rings. The number of carbonyl (C=O) groups is 1. The minimum absolute atomic E-state index is 0.120. The summed E-state index contributed by atoms with van der Waals surface area (Å²) >= 11 is 0. The molecule has 194 valence electrons. The molecule has 0 aromatic heterocycles. The van der Waals surface area contributed by atoms with Gasteiger partial charge in [-0.1, -0.05) is 42.5 Å². The van der Waals surface area contributed by atoms with Crippen LogP contribution in [0.4, 0.5) is 10.1 Å². The molecule has 0 heterocycles. The van der Waals surface area contributed by atoms with Crippen molar-refractivity contribution in [2.24, 2.45) is 5.92 Å². The summed E-state index contributed by atoms with van der Waals surface area (Å²) in [7, 11) is -4.00. The number of hydrogen-bond acceptors (Lipinski definition) is 5. The minimum atomic E-state index is -4.00. The lowest BCUT2D eigenvalue weighted by Gasteiger charge is -2.29. The predicted molar refractivity (Wildman–Crippen MR) is 138 cm³/mol. The highest BCUT2D eigenvalue weighted by atomic mass is 32.2. The number of amides is 1. The van der Waals surface area contributed by atoms with Gasteiger partial charge in [0, 0.05) is 18.0 Å². The van der Waals surface area contributed by atoms with Crippen molar-refractivity contribution in [3.8, 4) is 11.1 Å². The average molecular weight is 526 g/mol. The molecular weight excluding hydrogens is 497 g/mol. The summed E-state index contributed by atoms with van der Waals surface area (Å²) in [6.07, 6.45) is 1.93. The van der Waals surface area contributed by atoms with Crippen molar-refractivity contribution >= 4 is 21.6 Å². The number of nitro groups is 1. The number of sulfonamides is 1. The van der Waals surface area contributed by atoms with Gasteiger partial charge in [0.15, 0.2) is 0 Å². The van der Waals surface area contributed by atoms with Crippen molar-refractivity contribution in [2.45, 2.75) is 49.6 Å². The summed E-state index contributed by atoms with van der Waals surface area (Å²) < 4.78 is 41.8. The summed E-state index contributed by atoms with van der Waals surface area (Å²) in [5.74, 6) is -0.718. The van der Waals surface area contributed by atoms with E-state index in [0.717, 1.165) is 11.6 Å². The lowest BCUT2D eigenvalue weighted by Crippen LogP contribution is -2.41. The molecular formula is C27H28FN3O5S. The third-order valence-corrected chi connectivity index (χ3v) is 8.23. The second-order valence-corrected chi connectivity index (χ2v) is 11.0. The monoisotopic (exact) mass is 525 g/mol. The zero-order valence-corrected chi connectivity index (χ0v) is 21.1. The van der Waals surface area contributed by atoms with E-state index in [1.165, 1.54) is 24.3 Å². The third-order valence-electron chi connectivity index (χ3n) is 6.71. The van der Waals surface area contributed by atoms with Crippen molar-refractivity contribution in [1.29, 1.82) is 0 Å². The Morgan fingerprint density at radius 3 is 2.27 bits per heavy atom. The van der Waals surface area contributed by atoms with Crippen LogP contribution in [0, 0.1) is 21.8 Å². The zero-order valence-electron chi connectivity index (χ0n) is 20.3. The van der Waals surface area contributed by atoms with E-state index in [1.54, 1.807) is 42.5 Å². The summed E-state index contributed by atoms with van der Waals surface area (Å²) in [6.45, 7) is 1.83. The number of rotatable bonds is 8. The number of nitro benzene ring substituents is 1. The van der Waals surface area contributed by atoms with Crippen molar-refractivity contribution in [1.82, 2.24) is 10.0 Å². The molecule has 1 aliphatic carbocycles. The Morgan fingerprint density at radius 2 is 1.65 bits per heavy atom. The van der Waals surface area contributed by atoms with Crippen LogP contribution < -0.4 is 10.0 Å².